The van der Waals surface area contributed by atoms with Gasteiger partial charge in [0.05, 0.1) is 0 Å². The number of rotatable bonds is 10. The molecule has 3 heteroatoms. The van der Waals surface area contributed by atoms with Crippen molar-refractivity contribution in [2.24, 2.45) is 0 Å². The largest absolute Gasteiger partial charge is 0.309 e. The Hall–Kier alpha value is -1.35. The lowest BCUT2D eigenvalue weighted by atomic mass is 10.0. The number of benzene rings is 1. The number of likely N-dealkylation sites (tertiary alicyclic amines) is 1. The first-order valence-corrected chi connectivity index (χ1v) is 10.4. The second-order valence-electron chi connectivity index (χ2n) is 7.29. The van der Waals surface area contributed by atoms with E-state index >= 15 is 0 Å². The number of hydrogen-bond donors (Lipinski definition) is 0. The average Bonchev–Trinajstić information content (AvgIpc) is 2.66. The molecule has 0 bridgehead atoms. The molecular formula is C22H36N2O. The molecular weight excluding hydrogens is 308 g/mol. The molecule has 0 aliphatic carbocycles. The number of nitrogens with zero attached hydrogens (tertiary/aromatic N) is 2. The highest BCUT2D eigenvalue weighted by Gasteiger charge is 2.28. The molecule has 0 unspecified atom stereocenters. The van der Waals surface area contributed by atoms with Gasteiger partial charge in [0.1, 0.15) is 0 Å². The van der Waals surface area contributed by atoms with Crippen molar-refractivity contribution in [1.82, 2.24) is 4.90 Å². The highest BCUT2D eigenvalue weighted by Crippen LogP contribution is 2.24. The van der Waals surface area contributed by atoms with Crippen LogP contribution in [0.1, 0.15) is 71.6 Å². The first-order valence-electron chi connectivity index (χ1n) is 10.4. The van der Waals surface area contributed by atoms with Crippen LogP contribution in [0.3, 0.4) is 0 Å². The molecule has 1 aliphatic rings. The minimum atomic E-state index is 0.251. The van der Waals surface area contributed by atoms with Gasteiger partial charge in [-0.2, -0.15) is 0 Å². The van der Waals surface area contributed by atoms with Crippen molar-refractivity contribution < 1.29 is 4.79 Å². The SMILES string of the molecule is CCCCCCCCN1CCC(N(C(=O)CC)c2ccccc2)CC1. The third-order valence-electron chi connectivity index (χ3n) is 5.36. The monoisotopic (exact) mass is 344 g/mol. The molecule has 140 valence electrons. The fourth-order valence-corrected chi connectivity index (χ4v) is 3.83. The summed E-state index contributed by atoms with van der Waals surface area (Å²) in [7, 11) is 0. The van der Waals surface area contributed by atoms with Crippen LogP contribution in [-0.2, 0) is 4.79 Å². The van der Waals surface area contributed by atoms with Gasteiger partial charge in [-0.05, 0) is 37.9 Å². The summed E-state index contributed by atoms with van der Waals surface area (Å²) in [6.07, 6.45) is 10.9. The van der Waals surface area contributed by atoms with Crippen molar-refractivity contribution >= 4 is 11.6 Å². The molecule has 0 radical (unpaired) electrons. The van der Waals surface area contributed by atoms with Crippen molar-refractivity contribution in [3.05, 3.63) is 30.3 Å². The van der Waals surface area contributed by atoms with Gasteiger partial charge in [-0.3, -0.25) is 4.79 Å². The summed E-state index contributed by atoms with van der Waals surface area (Å²) >= 11 is 0. The second-order valence-corrected chi connectivity index (χ2v) is 7.29. The van der Waals surface area contributed by atoms with Gasteiger partial charge < -0.3 is 9.80 Å². The number of amides is 1. The highest BCUT2D eigenvalue weighted by molar-refractivity contribution is 5.93. The van der Waals surface area contributed by atoms with Crippen LogP contribution in [0.15, 0.2) is 30.3 Å². The van der Waals surface area contributed by atoms with Gasteiger partial charge in [-0.15, -0.1) is 0 Å². The quantitative estimate of drug-likeness (QED) is 0.541. The maximum atomic E-state index is 12.5. The minimum absolute atomic E-state index is 0.251. The normalized spacial score (nSPS) is 16.1. The van der Waals surface area contributed by atoms with Gasteiger partial charge in [0.15, 0.2) is 0 Å². The van der Waals surface area contributed by atoms with Crippen molar-refractivity contribution in [3.63, 3.8) is 0 Å². The van der Waals surface area contributed by atoms with E-state index in [1.807, 2.05) is 25.1 Å². The van der Waals surface area contributed by atoms with E-state index in [2.05, 4.69) is 28.9 Å². The smallest absolute Gasteiger partial charge is 0.226 e. The van der Waals surface area contributed by atoms with Crippen molar-refractivity contribution in [3.8, 4) is 0 Å². The van der Waals surface area contributed by atoms with Crippen molar-refractivity contribution in [1.29, 1.82) is 0 Å². The molecule has 0 N–H and O–H groups in total. The van der Waals surface area contributed by atoms with Crippen LogP contribution in [0.5, 0.6) is 0 Å². The Labute approximate surface area is 154 Å². The van der Waals surface area contributed by atoms with E-state index in [0.29, 0.717) is 12.5 Å². The van der Waals surface area contributed by atoms with Gasteiger partial charge in [-0.1, -0.05) is 64.2 Å². The molecule has 0 aromatic heterocycles. The van der Waals surface area contributed by atoms with Crippen LogP contribution >= 0.6 is 0 Å². The maximum Gasteiger partial charge on any atom is 0.226 e. The Balaban J connectivity index is 1.78. The van der Waals surface area contributed by atoms with Crippen LogP contribution in [0.4, 0.5) is 5.69 Å². The molecule has 1 saturated heterocycles. The van der Waals surface area contributed by atoms with Crippen LogP contribution in [0, 0.1) is 0 Å². The Morgan fingerprint density at radius 3 is 2.28 bits per heavy atom. The van der Waals surface area contributed by atoms with E-state index in [0.717, 1.165) is 31.6 Å². The summed E-state index contributed by atoms with van der Waals surface area (Å²) in [5.74, 6) is 0.251. The molecule has 1 aromatic rings. The molecule has 1 fully saturated rings. The molecule has 3 nitrogen and oxygen atoms in total. The summed E-state index contributed by atoms with van der Waals surface area (Å²) in [4.78, 5) is 17.2. The number of carbonyl (C=O) groups is 1. The van der Waals surface area contributed by atoms with Crippen LogP contribution in [0.25, 0.3) is 0 Å². The van der Waals surface area contributed by atoms with E-state index in [9.17, 15) is 4.79 Å². The molecule has 0 atom stereocenters. The summed E-state index contributed by atoms with van der Waals surface area (Å²) < 4.78 is 0. The van der Waals surface area contributed by atoms with Crippen LogP contribution in [-0.4, -0.2) is 36.5 Å². The standard InChI is InChI=1S/C22H36N2O/c1-3-5-6-7-8-12-17-23-18-15-21(16-19-23)24(22(25)4-2)20-13-10-9-11-14-20/h9-11,13-14,21H,3-8,12,15-19H2,1-2H3. The number of para-hydroxylation sites is 1. The van der Waals surface area contributed by atoms with Crippen molar-refractivity contribution in [2.75, 3.05) is 24.5 Å². The number of hydrogen-bond acceptors (Lipinski definition) is 2. The molecule has 0 spiro atoms. The Kier molecular flexibility index (Phi) is 9.03. The Bertz CT molecular complexity index is 480. The van der Waals surface area contributed by atoms with Crippen molar-refractivity contribution in [2.45, 2.75) is 77.7 Å². The van der Waals surface area contributed by atoms with Gasteiger partial charge in [-0.25, -0.2) is 0 Å². The molecule has 1 amide bonds. The third-order valence-corrected chi connectivity index (χ3v) is 5.36. The zero-order chi connectivity index (χ0) is 17.9. The molecule has 0 saturated carbocycles. The molecule has 1 heterocycles. The van der Waals surface area contributed by atoms with Crippen LogP contribution < -0.4 is 4.90 Å². The highest BCUT2D eigenvalue weighted by atomic mass is 16.2. The summed E-state index contributed by atoms with van der Waals surface area (Å²) in [5.41, 5.74) is 1.06. The number of piperidine rings is 1. The molecule has 25 heavy (non-hydrogen) atoms. The van der Waals surface area contributed by atoms with E-state index in [-0.39, 0.29) is 5.91 Å². The minimum Gasteiger partial charge on any atom is -0.309 e. The third kappa shape index (κ3) is 6.47. The fraction of sp³-hybridized carbons (Fsp3) is 0.682. The zero-order valence-corrected chi connectivity index (χ0v) is 16.3. The lowest BCUT2D eigenvalue weighted by Gasteiger charge is -2.38. The van der Waals surface area contributed by atoms with E-state index < -0.39 is 0 Å². The van der Waals surface area contributed by atoms with Gasteiger partial charge in [0.2, 0.25) is 5.91 Å². The lowest BCUT2D eigenvalue weighted by molar-refractivity contribution is -0.119. The Morgan fingerprint density at radius 2 is 1.64 bits per heavy atom. The van der Waals surface area contributed by atoms with Gasteiger partial charge in [0, 0.05) is 31.2 Å². The first kappa shape index (κ1) is 20.0. The Morgan fingerprint density at radius 1 is 1.00 bits per heavy atom. The molecule has 1 aliphatic heterocycles. The molecule has 1 aromatic carbocycles. The predicted molar refractivity (Wildman–Crippen MR) is 107 cm³/mol. The van der Waals surface area contributed by atoms with Gasteiger partial charge >= 0.3 is 0 Å². The van der Waals surface area contributed by atoms with E-state index in [1.54, 1.807) is 0 Å². The molecule has 2 rings (SSSR count). The topological polar surface area (TPSA) is 23.6 Å². The van der Waals surface area contributed by atoms with E-state index in [4.69, 9.17) is 0 Å². The first-order chi connectivity index (χ1) is 12.3. The summed E-state index contributed by atoms with van der Waals surface area (Å²) in [6, 6.07) is 10.6. The second kappa shape index (κ2) is 11.3. The van der Waals surface area contributed by atoms with E-state index in [1.165, 1.54) is 45.1 Å². The number of anilines is 1. The maximum absolute atomic E-state index is 12.5. The summed E-state index contributed by atoms with van der Waals surface area (Å²) in [6.45, 7) is 7.71. The fourth-order valence-electron chi connectivity index (χ4n) is 3.83. The zero-order valence-electron chi connectivity index (χ0n) is 16.3. The summed E-state index contributed by atoms with van der Waals surface area (Å²) in [5, 5.41) is 0. The average molecular weight is 345 g/mol. The van der Waals surface area contributed by atoms with Crippen LogP contribution in [0.2, 0.25) is 0 Å². The number of unbranched alkanes of at least 4 members (excludes halogenated alkanes) is 5. The van der Waals surface area contributed by atoms with Gasteiger partial charge in [0.25, 0.3) is 0 Å². The predicted octanol–water partition coefficient (Wildman–Crippen LogP) is 5.25. The lowest BCUT2D eigenvalue weighted by Crippen LogP contribution is -2.47. The number of carbonyl (C=O) groups excluding carboxylic acids is 1.